The Morgan fingerprint density at radius 3 is 2.43 bits per heavy atom. The summed E-state index contributed by atoms with van der Waals surface area (Å²) in [5.41, 5.74) is 3.68. The predicted octanol–water partition coefficient (Wildman–Crippen LogP) is 5.85. The fourth-order valence-corrected chi connectivity index (χ4v) is 6.54. The molecule has 2 atom stereocenters. The first-order chi connectivity index (χ1) is 19.9. The zero-order valence-corrected chi connectivity index (χ0v) is 26.7. The second-order valence-corrected chi connectivity index (χ2v) is 14.4. The van der Waals surface area contributed by atoms with E-state index in [9.17, 15) is 23.1 Å². The molecule has 1 heterocycles. The van der Waals surface area contributed by atoms with E-state index < -0.39 is 27.8 Å². The predicted molar refractivity (Wildman–Crippen MR) is 169 cm³/mol. The van der Waals surface area contributed by atoms with Crippen molar-refractivity contribution >= 4 is 33.1 Å². The number of ether oxygens (including phenoxy) is 1. The van der Waals surface area contributed by atoms with Crippen LogP contribution in [-0.2, 0) is 32.5 Å². The Morgan fingerprint density at radius 1 is 1.05 bits per heavy atom. The normalized spacial score (nSPS) is 13.2. The molecule has 0 spiro atoms. The van der Waals surface area contributed by atoms with Gasteiger partial charge in [-0.05, 0) is 80.4 Å². The van der Waals surface area contributed by atoms with Gasteiger partial charge in [-0.15, -0.1) is 11.3 Å². The summed E-state index contributed by atoms with van der Waals surface area (Å²) < 4.78 is 29.7. The summed E-state index contributed by atoms with van der Waals surface area (Å²) in [7, 11) is 0.718. The summed E-state index contributed by atoms with van der Waals surface area (Å²) in [6, 6.07) is 16.1. The number of unbranched alkanes of at least 4 members (excludes halogenated alkanes) is 1. The highest BCUT2D eigenvalue weighted by Crippen LogP contribution is 2.33. The summed E-state index contributed by atoms with van der Waals surface area (Å²) in [5.74, 6) is -2.20. The minimum Gasteiger partial charge on any atom is -0.480 e. The van der Waals surface area contributed by atoms with Crippen LogP contribution < -0.4 is 5.32 Å². The fourth-order valence-electron chi connectivity index (χ4n) is 4.66. The molecule has 0 radical (unpaired) electrons. The molecule has 0 aliphatic rings. The van der Waals surface area contributed by atoms with E-state index in [1.807, 2.05) is 43.3 Å². The van der Waals surface area contributed by atoms with Gasteiger partial charge >= 0.3 is 5.97 Å². The molecule has 0 saturated carbocycles. The number of thiophene rings is 1. The van der Waals surface area contributed by atoms with Gasteiger partial charge in [0.1, 0.15) is 15.9 Å². The van der Waals surface area contributed by atoms with Crippen LogP contribution in [0.15, 0.2) is 54.6 Å². The van der Waals surface area contributed by atoms with Crippen molar-refractivity contribution in [1.29, 1.82) is 0 Å². The number of sulfone groups is 1. The van der Waals surface area contributed by atoms with E-state index in [-0.39, 0.29) is 18.3 Å². The van der Waals surface area contributed by atoms with E-state index in [4.69, 9.17) is 4.74 Å². The maximum atomic E-state index is 13.4. The van der Waals surface area contributed by atoms with Crippen molar-refractivity contribution in [3.05, 3.63) is 81.0 Å². The Morgan fingerprint density at radius 2 is 1.79 bits per heavy atom. The van der Waals surface area contributed by atoms with Crippen LogP contribution in [0, 0.1) is 6.92 Å². The third kappa shape index (κ3) is 10.0. The van der Waals surface area contributed by atoms with Gasteiger partial charge in [-0.2, -0.15) is 0 Å². The number of carbonyl (C=O) groups excluding carboxylic acids is 1. The minimum absolute atomic E-state index is 0.0399. The van der Waals surface area contributed by atoms with Gasteiger partial charge in [0.05, 0.1) is 18.5 Å². The summed E-state index contributed by atoms with van der Waals surface area (Å²) in [6.07, 6.45) is 3.81. The van der Waals surface area contributed by atoms with Gasteiger partial charge in [-0.1, -0.05) is 50.1 Å². The van der Waals surface area contributed by atoms with Crippen molar-refractivity contribution in [1.82, 2.24) is 10.2 Å². The molecule has 0 fully saturated rings. The molecule has 1 amide bonds. The van der Waals surface area contributed by atoms with Crippen LogP contribution in [0.3, 0.4) is 0 Å². The Kier molecular flexibility index (Phi) is 12.3. The highest BCUT2D eigenvalue weighted by atomic mass is 32.2. The van der Waals surface area contributed by atoms with E-state index in [0.29, 0.717) is 17.7 Å². The Balaban J connectivity index is 1.89. The minimum atomic E-state index is -3.39. The van der Waals surface area contributed by atoms with Crippen LogP contribution in [-0.4, -0.2) is 62.4 Å². The standard InChI is InChI=1S/C32H42N2O6S2/c1-6-7-12-29(30-16-14-24(41-30)20-34(3)4)40-21-23-13-15-26(27(19-23)25-11-9-8-10-22(25)2)31(35)33-28(32(36)37)17-18-42(5,38)39/h8-11,13-16,19,28-29H,6-7,12,17-18,20-21H2,1-5H3,(H,33,35)(H,36,37)/t28-,29+/m0/s1. The highest BCUT2D eigenvalue weighted by molar-refractivity contribution is 7.90. The molecule has 0 unspecified atom stereocenters. The van der Waals surface area contributed by atoms with E-state index in [1.54, 1.807) is 17.4 Å². The van der Waals surface area contributed by atoms with E-state index >= 15 is 0 Å². The van der Waals surface area contributed by atoms with Crippen molar-refractivity contribution in [3.8, 4) is 11.1 Å². The lowest BCUT2D eigenvalue weighted by molar-refractivity contribution is -0.139. The number of carboxylic acid groups (broad SMARTS) is 1. The molecule has 1 aromatic heterocycles. The SMILES string of the molecule is CCCC[C@@H](OCc1ccc(C(=O)N[C@@H](CCS(C)(=O)=O)C(=O)O)c(-c2ccccc2C)c1)c1ccc(CN(C)C)s1. The van der Waals surface area contributed by atoms with Crippen molar-refractivity contribution in [2.45, 2.75) is 64.8 Å². The average molecular weight is 615 g/mol. The molecule has 0 saturated heterocycles. The van der Waals surface area contributed by atoms with Gasteiger partial charge in [0.25, 0.3) is 5.91 Å². The molecule has 42 heavy (non-hydrogen) atoms. The number of aryl methyl sites for hydroxylation is 1. The van der Waals surface area contributed by atoms with E-state index in [2.05, 4.69) is 43.4 Å². The summed E-state index contributed by atoms with van der Waals surface area (Å²) in [5, 5.41) is 12.2. The number of aliphatic carboxylic acids is 1. The van der Waals surface area contributed by atoms with Crippen molar-refractivity contribution < 1.29 is 27.9 Å². The van der Waals surface area contributed by atoms with Gasteiger partial charge in [-0.25, -0.2) is 13.2 Å². The zero-order valence-electron chi connectivity index (χ0n) is 25.1. The maximum absolute atomic E-state index is 13.4. The molecule has 8 nitrogen and oxygen atoms in total. The first kappa shape index (κ1) is 33.5. The van der Waals surface area contributed by atoms with Gasteiger partial charge in [-0.3, -0.25) is 4.79 Å². The smallest absolute Gasteiger partial charge is 0.326 e. The molecule has 3 rings (SSSR count). The van der Waals surface area contributed by atoms with Crippen molar-refractivity contribution in [2.24, 2.45) is 0 Å². The number of carbonyl (C=O) groups is 2. The first-order valence-electron chi connectivity index (χ1n) is 14.1. The zero-order chi connectivity index (χ0) is 30.9. The lowest BCUT2D eigenvalue weighted by atomic mass is 9.93. The second kappa shape index (κ2) is 15.4. The molecular weight excluding hydrogens is 572 g/mol. The lowest BCUT2D eigenvalue weighted by Gasteiger charge is -2.19. The number of hydrogen-bond acceptors (Lipinski definition) is 7. The topological polar surface area (TPSA) is 113 Å². The number of rotatable bonds is 16. The highest BCUT2D eigenvalue weighted by Gasteiger charge is 2.24. The van der Waals surface area contributed by atoms with Crippen molar-refractivity contribution in [3.63, 3.8) is 0 Å². The van der Waals surface area contributed by atoms with Crippen LogP contribution >= 0.6 is 11.3 Å². The number of benzene rings is 2. The molecule has 2 N–H and O–H groups in total. The first-order valence-corrected chi connectivity index (χ1v) is 17.0. The average Bonchev–Trinajstić information content (AvgIpc) is 3.38. The van der Waals surface area contributed by atoms with Crippen LogP contribution in [0.25, 0.3) is 11.1 Å². The third-order valence-corrected chi connectivity index (χ3v) is 9.03. The fraction of sp³-hybridized carbons (Fsp3) is 0.438. The van der Waals surface area contributed by atoms with E-state index in [0.717, 1.165) is 48.8 Å². The van der Waals surface area contributed by atoms with Crippen LogP contribution in [0.2, 0.25) is 0 Å². The van der Waals surface area contributed by atoms with Crippen LogP contribution in [0.1, 0.15) is 70.0 Å². The largest absolute Gasteiger partial charge is 0.480 e. The van der Waals surface area contributed by atoms with Crippen molar-refractivity contribution in [2.75, 3.05) is 26.1 Å². The summed E-state index contributed by atoms with van der Waals surface area (Å²) in [4.78, 5) is 29.8. The number of nitrogens with one attached hydrogen (secondary N) is 1. The third-order valence-electron chi connectivity index (χ3n) is 6.89. The molecule has 0 bridgehead atoms. The molecule has 10 heteroatoms. The molecular formula is C32H42N2O6S2. The van der Waals surface area contributed by atoms with Gasteiger partial charge in [0, 0.05) is 28.1 Å². The van der Waals surface area contributed by atoms with Crippen LogP contribution in [0.4, 0.5) is 0 Å². The van der Waals surface area contributed by atoms with Gasteiger partial charge in [0.2, 0.25) is 0 Å². The van der Waals surface area contributed by atoms with Gasteiger partial charge in [0.15, 0.2) is 0 Å². The number of carboxylic acids is 1. The van der Waals surface area contributed by atoms with E-state index in [1.165, 1.54) is 9.75 Å². The Labute approximate surface area is 253 Å². The number of amides is 1. The summed E-state index contributed by atoms with van der Waals surface area (Å²) >= 11 is 1.77. The Hall–Kier alpha value is -3.05. The van der Waals surface area contributed by atoms with Crippen LogP contribution in [0.5, 0.6) is 0 Å². The molecule has 0 aliphatic carbocycles. The maximum Gasteiger partial charge on any atom is 0.326 e. The quantitative estimate of drug-likeness (QED) is 0.208. The monoisotopic (exact) mass is 614 g/mol. The Bertz CT molecular complexity index is 1470. The molecule has 228 valence electrons. The summed E-state index contributed by atoms with van der Waals surface area (Å²) in [6.45, 7) is 5.35. The molecule has 3 aromatic rings. The second-order valence-electron chi connectivity index (χ2n) is 11.0. The van der Waals surface area contributed by atoms with Gasteiger partial charge < -0.3 is 20.1 Å². The molecule has 2 aromatic carbocycles. The number of hydrogen-bond donors (Lipinski definition) is 2. The number of nitrogens with zero attached hydrogens (tertiary/aromatic N) is 1. The lowest BCUT2D eigenvalue weighted by Crippen LogP contribution is -2.42. The molecule has 0 aliphatic heterocycles.